The molecule has 0 saturated carbocycles. The van der Waals surface area contributed by atoms with Crippen molar-refractivity contribution in [3.8, 4) is 0 Å². The number of nitro groups is 1. The molecule has 0 spiro atoms. The van der Waals surface area contributed by atoms with Crippen molar-refractivity contribution in [2.75, 3.05) is 0 Å². The van der Waals surface area contributed by atoms with Crippen LogP contribution in [0.1, 0.15) is 0 Å². The summed E-state index contributed by atoms with van der Waals surface area (Å²) >= 11 is 1.88. The lowest BCUT2D eigenvalue weighted by Gasteiger charge is -1.93. The van der Waals surface area contributed by atoms with Crippen LogP contribution >= 0.6 is 22.6 Å². The predicted molar refractivity (Wildman–Crippen MR) is 55.4 cm³/mol. The van der Waals surface area contributed by atoms with E-state index in [1.165, 1.54) is 0 Å². The highest BCUT2D eigenvalue weighted by Crippen LogP contribution is 2.28. The molecule has 72 valence electrons. The molecule has 0 unspecified atom stereocenters. The van der Waals surface area contributed by atoms with Crippen LogP contribution in [0.25, 0.3) is 10.9 Å². The number of aromatic amines is 1. The monoisotopic (exact) mass is 307 g/mol. The molecule has 1 aromatic heterocycles. The van der Waals surface area contributed by atoms with E-state index < -0.39 is 10.7 Å². The Morgan fingerprint density at radius 3 is 2.93 bits per heavy atom. The first kappa shape index (κ1) is 9.31. The predicted octanol–water partition coefficient (Wildman–Crippen LogP) is 2.21. The minimum atomic E-state index is -0.660. The minimum Gasteiger partial charge on any atom is -0.271 e. The fraction of sp³-hybridized carbons (Fsp3) is 0. The smallest absolute Gasteiger partial charge is 0.271 e. The molecule has 0 bridgehead atoms. The molecule has 7 heteroatoms. The largest absolute Gasteiger partial charge is 0.284 e. The molecule has 0 fully saturated rings. The zero-order valence-corrected chi connectivity index (χ0v) is 8.78. The van der Waals surface area contributed by atoms with Gasteiger partial charge < -0.3 is 0 Å². The third-order valence-corrected chi connectivity index (χ3v) is 2.53. The van der Waals surface area contributed by atoms with Crippen molar-refractivity contribution in [3.05, 3.63) is 31.8 Å². The van der Waals surface area contributed by atoms with Gasteiger partial charge in [0, 0.05) is 6.07 Å². The summed E-state index contributed by atoms with van der Waals surface area (Å²) in [5.74, 6) is -0.660. The van der Waals surface area contributed by atoms with Crippen LogP contribution in [-0.2, 0) is 0 Å². The van der Waals surface area contributed by atoms with Gasteiger partial charge in [-0.1, -0.05) is 0 Å². The summed E-state index contributed by atoms with van der Waals surface area (Å²) in [6.07, 6.45) is 0. The Morgan fingerprint density at radius 1 is 1.57 bits per heavy atom. The maximum atomic E-state index is 12.9. The molecule has 0 amide bonds. The van der Waals surface area contributed by atoms with Gasteiger partial charge >= 0.3 is 0 Å². The van der Waals surface area contributed by atoms with E-state index in [0.29, 0.717) is 9.09 Å². The van der Waals surface area contributed by atoms with Gasteiger partial charge in [0.1, 0.15) is 20.4 Å². The van der Waals surface area contributed by atoms with Crippen LogP contribution < -0.4 is 0 Å². The SMILES string of the molecule is O=[N+]([O-])c1cc(F)cc2n[nH]c(I)c12. The van der Waals surface area contributed by atoms with Crippen molar-refractivity contribution in [1.29, 1.82) is 0 Å². The molecule has 1 heterocycles. The number of halogens is 2. The number of aromatic nitrogens is 2. The summed E-state index contributed by atoms with van der Waals surface area (Å²) in [6, 6.07) is 2.04. The number of rotatable bonds is 1. The van der Waals surface area contributed by atoms with Crippen LogP contribution in [-0.4, -0.2) is 15.1 Å². The Labute approximate surface area is 90.6 Å². The van der Waals surface area contributed by atoms with Crippen molar-refractivity contribution < 1.29 is 9.31 Å². The van der Waals surface area contributed by atoms with Crippen LogP contribution in [0.4, 0.5) is 10.1 Å². The average Bonchev–Trinajstić information content (AvgIpc) is 2.46. The van der Waals surface area contributed by atoms with Gasteiger partial charge in [-0.25, -0.2) is 4.39 Å². The first-order valence-electron chi connectivity index (χ1n) is 3.57. The Balaban J connectivity index is 2.90. The van der Waals surface area contributed by atoms with E-state index in [-0.39, 0.29) is 11.2 Å². The van der Waals surface area contributed by atoms with Crippen molar-refractivity contribution in [2.24, 2.45) is 0 Å². The van der Waals surface area contributed by atoms with Gasteiger partial charge in [-0.2, -0.15) is 5.10 Å². The van der Waals surface area contributed by atoms with Crippen LogP contribution in [0.15, 0.2) is 12.1 Å². The Kier molecular flexibility index (Phi) is 2.10. The van der Waals surface area contributed by atoms with Crippen LogP contribution in [0, 0.1) is 19.6 Å². The van der Waals surface area contributed by atoms with Gasteiger partial charge in [0.05, 0.1) is 11.0 Å². The summed E-state index contributed by atoms with van der Waals surface area (Å²) in [6.45, 7) is 0. The van der Waals surface area contributed by atoms with Crippen molar-refractivity contribution >= 4 is 39.2 Å². The molecule has 0 atom stereocenters. The van der Waals surface area contributed by atoms with Gasteiger partial charge in [-0.3, -0.25) is 15.2 Å². The van der Waals surface area contributed by atoms with Gasteiger partial charge in [0.2, 0.25) is 0 Å². The number of nitrogens with one attached hydrogen (secondary N) is 1. The van der Waals surface area contributed by atoms with E-state index >= 15 is 0 Å². The Hall–Kier alpha value is -1.25. The number of benzene rings is 1. The summed E-state index contributed by atoms with van der Waals surface area (Å²) < 4.78 is 13.4. The molecule has 0 saturated heterocycles. The summed E-state index contributed by atoms with van der Waals surface area (Å²) in [7, 11) is 0. The third-order valence-electron chi connectivity index (χ3n) is 1.75. The molecule has 0 aliphatic heterocycles. The maximum absolute atomic E-state index is 12.9. The van der Waals surface area contributed by atoms with Crippen LogP contribution in [0.3, 0.4) is 0 Å². The number of hydrogen-bond acceptors (Lipinski definition) is 3. The van der Waals surface area contributed by atoms with Crippen LogP contribution in [0.2, 0.25) is 0 Å². The number of fused-ring (bicyclic) bond motifs is 1. The molecule has 14 heavy (non-hydrogen) atoms. The topological polar surface area (TPSA) is 71.8 Å². The van der Waals surface area contributed by atoms with Gasteiger partial charge in [0.15, 0.2) is 0 Å². The maximum Gasteiger partial charge on any atom is 0.284 e. The van der Waals surface area contributed by atoms with Crippen LogP contribution in [0.5, 0.6) is 0 Å². The quantitative estimate of drug-likeness (QED) is 0.499. The Bertz CT molecular complexity index is 525. The fourth-order valence-electron chi connectivity index (χ4n) is 1.20. The number of nitrogens with zero attached hydrogens (tertiary/aromatic N) is 2. The lowest BCUT2D eigenvalue weighted by atomic mass is 10.2. The lowest BCUT2D eigenvalue weighted by Crippen LogP contribution is -1.90. The highest BCUT2D eigenvalue weighted by Gasteiger charge is 2.18. The number of nitro benzene ring substituents is 1. The van der Waals surface area contributed by atoms with E-state index in [4.69, 9.17) is 0 Å². The van der Waals surface area contributed by atoms with E-state index in [9.17, 15) is 14.5 Å². The summed E-state index contributed by atoms with van der Waals surface area (Å²) in [5.41, 5.74) is -0.000694. The standard InChI is InChI=1S/C7H3FIN3O2/c8-3-1-4-6(7(9)11-10-4)5(2-3)12(13)14/h1-2H,(H,10,11). The molecular weight excluding hydrogens is 304 g/mol. The second-order valence-electron chi connectivity index (χ2n) is 2.61. The van der Waals surface area contributed by atoms with E-state index in [0.717, 1.165) is 12.1 Å². The van der Waals surface area contributed by atoms with E-state index in [1.54, 1.807) is 0 Å². The molecule has 1 aromatic carbocycles. The molecule has 2 aromatic rings. The molecule has 2 rings (SSSR count). The van der Waals surface area contributed by atoms with E-state index in [1.807, 2.05) is 22.6 Å². The lowest BCUT2D eigenvalue weighted by molar-refractivity contribution is -0.383. The molecule has 5 nitrogen and oxygen atoms in total. The number of hydrogen-bond donors (Lipinski definition) is 1. The van der Waals surface area contributed by atoms with E-state index in [2.05, 4.69) is 10.2 Å². The van der Waals surface area contributed by atoms with Gasteiger partial charge in [-0.05, 0) is 22.6 Å². The zero-order valence-electron chi connectivity index (χ0n) is 6.62. The average molecular weight is 307 g/mol. The second kappa shape index (κ2) is 3.15. The number of H-pyrrole nitrogens is 1. The fourth-order valence-corrected chi connectivity index (χ4v) is 1.87. The first-order chi connectivity index (χ1) is 6.59. The first-order valence-corrected chi connectivity index (χ1v) is 4.65. The molecule has 0 radical (unpaired) electrons. The summed E-state index contributed by atoms with van der Waals surface area (Å²) in [4.78, 5) is 9.99. The Morgan fingerprint density at radius 2 is 2.29 bits per heavy atom. The third kappa shape index (κ3) is 1.33. The minimum absolute atomic E-state index is 0.265. The van der Waals surface area contributed by atoms with Crippen molar-refractivity contribution in [1.82, 2.24) is 10.2 Å². The highest BCUT2D eigenvalue weighted by molar-refractivity contribution is 14.1. The van der Waals surface area contributed by atoms with Gasteiger partial charge in [0.25, 0.3) is 5.69 Å². The molecule has 0 aliphatic rings. The number of non-ortho nitro benzene ring substituents is 1. The molecular formula is C7H3FIN3O2. The summed E-state index contributed by atoms with van der Waals surface area (Å²) in [5, 5.41) is 17.3. The normalized spacial score (nSPS) is 10.7. The van der Waals surface area contributed by atoms with Crippen molar-refractivity contribution in [2.45, 2.75) is 0 Å². The second-order valence-corrected chi connectivity index (χ2v) is 3.69. The zero-order chi connectivity index (χ0) is 10.3. The van der Waals surface area contributed by atoms with Crippen molar-refractivity contribution in [3.63, 3.8) is 0 Å². The highest BCUT2D eigenvalue weighted by atomic mass is 127. The van der Waals surface area contributed by atoms with Gasteiger partial charge in [-0.15, -0.1) is 0 Å². The molecule has 0 aliphatic carbocycles. The molecule has 1 N–H and O–H groups in total.